The van der Waals surface area contributed by atoms with E-state index in [9.17, 15) is 4.39 Å². The molecule has 0 aliphatic carbocycles. The van der Waals surface area contributed by atoms with Gasteiger partial charge in [0.25, 0.3) is 0 Å². The molecule has 0 radical (unpaired) electrons. The zero-order valence-corrected chi connectivity index (χ0v) is 12.4. The number of alkyl halides is 1. The Kier molecular flexibility index (Phi) is 5.15. The molecule has 1 aromatic rings. The fourth-order valence-corrected chi connectivity index (χ4v) is 2.61. The lowest BCUT2D eigenvalue weighted by Crippen LogP contribution is -2.28. The molecule has 1 atom stereocenters. The van der Waals surface area contributed by atoms with E-state index in [-0.39, 0.29) is 16.9 Å². The molecule has 0 spiro atoms. The van der Waals surface area contributed by atoms with Gasteiger partial charge in [0, 0.05) is 11.2 Å². The lowest BCUT2D eigenvalue weighted by Gasteiger charge is -2.29. The summed E-state index contributed by atoms with van der Waals surface area (Å²) in [5.41, 5.74) is 0.0589. The van der Waals surface area contributed by atoms with Gasteiger partial charge in [-0.15, -0.1) is 0 Å². The second-order valence-corrected chi connectivity index (χ2v) is 5.90. The third kappa shape index (κ3) is 3.71. The molecule has 0 saturated carbocycles. The smallest absolute Gasteiger partial charge is 0.144 e. The normalized spacial score (nSPS) is 12.9. The van der Waals surface area contributed by atoms with Crippen molar-refractivity contribution >= 4 is 15.9 Å². The number of hydrogen-bond acceptors (Lipinski definition) is 2. The van der Waals surface area contributed by atoms with Crippen LogP contribution in [-0.4, -0.2) is 11.9 Å². The van der Waals surface area contributed by atoms with Crippen molar-refractivity contribution in [3.8, 4) is 11.8 Å². The van der Waals surface area contributed by atoms with E-state index < -0.39 is 5.82 Å². The van der Waals surface area contributed by atoms with Crippen LogP contribution in [0.1, 0.15) is 26.3 Å². The summed E-state index contributed by atoms with van der Waals surface area (Å²) in [5.74, 6) is 0.0566. The maximum absolute atomic E-state index is 13.4. The Labute approximate surface area is 116 Å². The predicted molar refractivity (Wildman–Crippen MR) is 73.3 cm³/mol. The Morgan fingerprint density at radius 1 is 1.44 bits per heavy atom. The highest BCUT2D eigenvalue weighted by Crippen LogP contribution is 2.29. The SMILES string of the molecule is CC(C)(C)C(CBr)COc1cccc(F)c1C#N. The molecule has 0 heterocycles. The number of benzene rings is 1. The molecular formula is C14H17BrFNO. The summed E-state index contributed by atoms with van der Waals surface area (Å²) in [4.78, 5) is 0. The van der Waals surface area contributed by atoms with E-state index in [1.54, 1.807) is 12.1 Å². The lowest BCUT2D eigenvalue weighted by molar-refractivity contribution is 0.165. The average Bonchev–Trinajstić information content (AvgIpc) is 2.28. The van der Waals surface area contributed by atoms with Gasteiger partial charge in [0.1, 0.15) is 23.2 Å². The Morgan fingerprint density at radius 2 is 2.11 bits per heavy atom. The van der Waals surface area contributed by atoms with Crippen molar-refractivity contribution in [2.24, 2.45) is 11.3 Å². The molecule has 0 aliphatic rings. The minimum absolute atomic E-state index is 0.0280. The van der Waals surface area contributed by atoms with Crippen LogP contribution in [0.5, 0.6) is 5.75 Å². The maximum Gasteiger partial charge on any atom is 0.144 e. The third-order valence-corrected chi connectivity index (χ3v) is 3.72. The molecule has 0 amide bonds. The van der Waals surface area contributed by atoms with Gasteiger partial charge in [-0.1, -0.05) is 42.8 Å². The van der Waals surface area contributed by atoms with Gasteiger partial charge in [0.2, 0.25) is 0 Å². The predicted octanol–water partition coefficient (Wildman–Crippen LogP) is 4.13. The lowest BCUT2D eigenvalue weighted by atomic mass is 9.83. The van der Waals surface area contributed by atoms with Crippen molar-refractivity contribution in [2.75, 3.05) is 11.9 Å². The van der Waals surface area contributed by atoms with E-state index in [2.05, 4.69) is 36.7 Å². The van der Waals surface area contributed by atoms with Crippen molar-refractivity contribution in [3.05, 3.63) is 29.6 Å². The van der Waals surface area contributed by atoms with E-state index in [1.807, 2.05) is 6.07 Å². The fraction of sp³-hybridized carbons (Fsp3) is 0.500. The summed E-state index contributed by atoms with van der Waals surface area (Å²) < 4.78 is 19.0. The van der Waals surface area contributed by atoms with Gasteiger partial charge < -0.3 is 4.74 Å². The topological polar surface area (TPSA) is 33.0 Å². The molecule has 0 fully saturated rings. The number of nitriles is 1. The van der Waals surface area contributed by atoms with Gasteiger partial charge in [0.15, 0.2) is 0 Å². The van der Waals surface area contributed by atoms with Gasteiger partial charge in [-0.2, -0.15) is 5.26 Å². The number of halogens is 2. The van der Waals surface area contributed by atoms with E-state index in [1.165, 1.54) is 6.07 Å². The Hall–Kier alpha value is -1.08. The zero-order chi connectivity index (χ0) is 13.8. The molecule has 1 rings (SSSR count). The highest BCUT2D eigenvalue weighted by Gasteiger charge is 2.24. The minimum Gasteiger partial charge on any atom is -0.492 e. The first kappa shape index (κ1) is 15.0. The molecule has 4 heteroatoms. The van der Waals surface area contributed by atoms with Crippen LogP contribution in [0, 0.1) is 28.5 Å². The molecule has 0 N–H and O–H groups in total. The van der Waals surface area contributed by atoms with E-state index in [0.717, 1.165) is 5.33 Å². The molecule has 1 aromatic carbocycles. The Balaban J connectivity index is 2.81. The van der Waals surface area contributed by atoms with Crippen LogP contribution >= 0.6 is 15.9 Å². The Bertz CT molecular complexity index is 448. The minimum atomic E-state index is -0.541. The van der Waals surface area contributed by atoms with E-state index >= 15 is 0 Å². The summed E-state index contributed by atoms with van der Waals surface area (Å²) >= 11 is 3.46. The van der Waals surface area contributed by atoms with E-state index in [4.69, 9.17) is 10.00 Å². The van der Waals surface area contributed by atoms with Crippen LogP contribution < -0.4 is 4.74 Å². The summed E-state index contributed by atoms with van der Waals surface area (Å²) in [7, 11) is 0. The van der Waals surface area contributed by atoms with Crippen molar-refractivity contribution in [1.29, 1.82) is 5.26 Å². The number of hydrogen-bond donors (Lipinski definition) is 0. The van der Waals surface area contributed by atoms with Gasteiger partial charge in [-0.3, -0.25) is 0 Å². The van der Waals surface area contributed by atoms with Crippen LogP contribution in [0.25, 0.3) is 0 Å². The standard InChI is InChI=1S/C14H17BrFNO/c1-14(2,3)10(7-15)9-18-13-6-4-5-12(16)11(13)8-17/h4-6,10H,7,9H2,1-3H3. The van der Waals surface area contributed by atoms with Crippen LogP contribution in [-0.2, 0) is 0 Å². The summed E-state index contributed by atoms with van der Waals surface area (Å²) in [6.07, 6.45) is 0. The highest BCUT2D eigenvalue weighted by molar-refractivity contribution is 9.09. The Morgan fingerprint density at radius 3 is 2.61 bits per heavy atom. The molecule has 0 aliphatic heterocycles. The number of nitrogens with zero attached hydrogens (tertiary/aromatic N) is 1. The fourth-order valence-electron chi connectivity index (χ4n) is 1.45. The molecule has 2 nitrogen and oxygen atoms in total. The molecule has 0 bridgehead atoms. The third-order valence-electron chi connectivity index (χ3n) is 2.94. The summed E-state index contributed by atoms with van der Waals surface area (Å²) in [6, 6.07) is 6.26. The quantitative estimate of drug-likeness (QED) is 0.783. The first-order valence-electron chi connectivity index (χ1n) is 5.77. The van der Waals surface area contributed by atoms with Crippen molar-refractivity contribution in [2.45, 2.75) is 20.8 Å². The zero-order valence-electron chi connectivity index (χ0n) is 10.8. The summed E-state index contributed by atoms with van der Waals surface area (Å²) in [5, 5.41) is 9.70. The van der Waals surface area contributed by atoms with Crippen LogP contribution in [0.15, 0.2) is 18.2 Å². The summed E-state index contributed by atoms with van der Waals surface area (Å²) in [6.45, 7) is 6.82. The number of ether oxygens (including phenoxy) is 1. The van der Waals surface area contributed by atoms with Gasteiger partial charge in [-0.25, -0.2) is 4.39 Å². The first-order chi connectivity index (χ1) is 8.40. The van der Waals surface area contributed by atoms with Gasteiger partial charge in [0.05, 0.1) is 6.61 Å². The molecule has 18 heavy (non-hydrogen) atoms. The second kappa shape index (κ2) is 6.19. The molecule has 1 unspecified atom stereocenters. The monoisotopic (exact) mass is 313 g/mol. The second-order valence-electron chi connectivity index (χ2n) is 5.25. The van der Waals surface area contributed by atoms with Crippen LogP contribution in [0.3, 0.4) is 0 Å². The highest BCUT2D eigenvalue weighted by atomic mass is 79.9. The molecule has 0 saturated heterocycles. The first-order valence-corrected chi connectivity index (χ1v) is 6.89. The average molecular weight is 314 g/mol. The van der Waals surface area contributed by atoms with Crippen molar-refractivity contribution in [1.82, 2.24) is 0 Å². The van der Waals surface area contributed by atoms with Crippen LogP contribution in [0.2, 0.25) is 0 Å². The molecule has 0 aromatic heterocycles. The van der Waals surface area contributed by atoms with Crippen LogP contribution in [0.4, 0.5) is 4.39 Å². The van der Waals surface area contributed by atoms with Crippen molar-refractivity contribution in [3.63, 3.8) is 0 Å². The largest absolute Gasteiger partial charge is 0.492 e. The van der Waals surface area contributed by atoms with E-state index in [0.29, 0.717) is 12.4 Å². The van der Waals surface area contributed by atoms with Gasteiger partial charge >= 0.3 is 0 Å². The molecular weight excluding hydrogens is 297 g/mol. The number of rotatable bonds is 4. The molecule has 98 valence electrons. The van der Waals surface area contributed by atoms with Gasteiger partial charge in [-0.05, 0) is 17.5 Å². The maximum atomic E-state index is 13.4. The van der Waals surface area contributed by atoms with Crippen molar-refractivity contribution < 1.29 is 9.13 Å².